The molecule has 0 N–H and O–H groups in total. The highest BCUT2D eigenvalue weighted by molar-refractivity contribution is 8.01. The van der Waals surface area contributed by atoms with Crippen LogP contribution in [0.15, 0.2) is 22.5 Å². The summed E-state index contributed by atoms with van der Waals surface area (Å²) in [5.74, 6) is 0.618. The molecule has 2 heterocycles. The predicted octanol–water partition coefficient (Wildman–Crippen LogP) is 3.22. The summed E-state index contributed by atoms with van der Waals surface area (Å²) in [7, 11) is -2.99. The summed E-state index contributed by atoms with van der Waals surface area (Å²) in [6.45, 7) is 0. The number of aromatic nitrogens is 1. The molecule has 0 unspecified atom stereocenters. The molecular weight excluding hydrogens is 400 g/mol. The van der Waals surface area contributed by atoms with Crippen LogP contribution in [0.25, 0.3) is 10.2 Å². The van der Waals surface area contributed by atoms with E-state index in [0.29, 0.717) is 17.2 Å². The number of fused-ring (bicyclic) bond motifs is 1. The Morgan fingerprint density at radius 3 is 2.80 bits per heavy atom. The predicted molar refractivity (Wildman–Crippen MR) is 102 cm³/mol. The van der Waals surface area contributed by atoms with Gasteiger partial charge in [-0.15, -0.1) is 11.3 Å². The Labute approximate surface area is 159 Å². The van der Waals surface area contributed by atoms with E-state index < -0.39 is 9.84 Å². The van der Waals surface area contributed by atoms with Gasteiger partial charge in [-0.1, -0.05) is 23.4 Å². The smallest absolute Gasteiger partial charge is 0.233 e. The number of sulfone groups is 1. The van der Waals surface area contributed by atoms with Crippen molar-refractivity contribution in [3.8, 4) is 0 Å². The summed E-state index contributed by atoms with van der Waals surface area (Å²) >= 11 is 8.94. The fourth-order valence-corrected chi connectivity index (χ4v) is 6.99. The molecule has 2 fully saturated rings. The van der Waals surface area contributed by atoms with Crippen LogP contribution in [-0.4, -0.2) is 53.6 Å². The molecule has 1 aliphatic carbocycles. The maximum absolute atomic E-state index is 12.7. The Morgan fingerprint density at radius 2 is 2.12 bits per heavy atom. The Morgan fingerprint density at radius 1 is 1.32 bits per heavy atom. The minimum Gasteiger partial charge on any atom is -0.335 e. The molecule has 4 rings (SSSR count). The topological polar surface area (TPSA) is 67.3 Å². The first-order valence-electron chi connectivity index (χ1n) is 8.12. The third-order valence-corrected chi connectivity index (χ3v) is 8.63. The van der Waals surface area contributed by atoms with E-state index in [2.05, 4.69) is 4.98 Å². The lowest BCUT2D eigenvalue weighted by Gasteiger charge is -2.28. The van der Waals surface area contributed by atoms with Crippen molar-refractivity contribution in [3.05, 3.63) is 23.2 Å². The maximum Gasteiger partial charge on any atom is 0.233 e. The van der Waals surface area contributed by atoms with E-state index in [1.54, 1.807) is 11.3 Å². The number of halogens is 1. The number of rotatable bonds is 5. The van der Waals surface area contributed by atoms with Gasteiger partial charge in [0, 0.05) is 17.1 Å². The average Bonchev–Trinajstić information content (AvgIpc) is 3.19. The highest BCUT2D eigenvalue weighted by Gasteiger charge is 2.41. The van der Waals surface area contributed by atoms with Gasteiger partial charge in [-0.2, -0.15) is 0 Å². The fraction of sp³-hybridized carbons (Fsp3) is 0.500. The van der Waals surface area contributed by atoms with E-state index in [1.165, 1.54) is 11.8 Å². The summed E-state index contributed by atoms with van der Waals surface area (Å²) in [6.07, 6.45) is 2.52. The van der Waals surface area contributed by atoms with Gasteiger partial charge in [-0.25, -0.2) is 13.4 Å². The second kappa shape index (κ2) is 6.72. The van der Waals surface area contributed by atoms with Gasteiger partial charge in [-0.05, 0) is 37.5 Å². The van der Waals surface area contributed by atoms with Crippen LogP contribution in [0.2, 0.25) is 5.02 Å². The van der Waals surface area contributed by atoms with Gasteiger partial charge >= 0.3 is 0 Å². The molecule has 2 aromatic rings. The SMILES string of the molecule is O=C(CSc1nc2cc(Cl)ccc2s1)N(C1CC1)[C@H]1CCS(=O)(=O)C1. The van der Waals surface area contributed by atoms with Crippen molar-refractivity contribution >= 4 is 60.7 Å². The van der Waals surface area contributed by atoms with E-state index in [1.807, 2.05) is 23.1 Å². The lowest BCUT2D eigenvalue weighted by molar-refractivity contribution is -0.130. The van der Waals surface area contributed by atoms with Crippen molar-refractivity contribution < 1.29 is 13.2 Å². The normalized spacial score (nSPS) is 22.4. The van der Waals surface area contributed by atoms with Gasteiger partial charge in [0.05, 0.1) is 27.5 Å². The van der Waals surface area contributed by atoms with Crippen LogP contribution >= 0.6 is 34.7 Å². The number of carbonyl (C=O) groups excluding carboxylic acids is 1. The van der Waals surface area contributed by atoms with Gasteiger partial charge in [0.15, 0.2) is 14.2 Å². The number of nitrogens with zero attached hydrogens (tertiary/aromatic N) is 2. The van der Waals surface area contributed by atoms with Gasteiger partial charge in [0.2, 0.25) is 5.91 Å². The van der Waals surface area contributed by atoms with Crippen LogP contribution in [-0.2, 0) is 14.6 Å². The fourth-order valence-electron chi connectivity index (χ4n) is 3.19. The number of amides is 1. The molecule has 1 amide bonds. The molecule has 0 spiro atoms. The zero-order valence-electron chi connectivity index (χ0n) is 13.4. The van der Waals surface area contributed by atoms with E-state index in [-0.39, 0.29) is 29.5 Å². The van der Waals surface area contributed by atoms with Gasteiger partial charge in [0.1, 0.15) is 0 Å². The van der Waals surface area contributed by atoms with Crippen LogP contribution in [0.4, 0.5) is 0 Å². The molecule has 1 saturated carbocycles. The molecule has 1 aliphatic heterocycles. The number of hydrogen-bond acceptors (Lipinski definition) is 6. The lowest BCUT2D eigenvalue weighted by atomic mass is 10.2. The van der Waals surface area contributed by atoms with E-state index in [4.69, 9.17) is 11.6 Å². The number of benzene rings is 1. The standard InChI is InChI=1S/C16H17ClN2O3S3/c17-10-1-4-14-13(7-10)18-16(24-14)23-8-15(20)19(11-2-3-11)12-5-6-25(21,22)9-12/h1,4,7,11-12H,2-3,5-6,8-9H2/t12-/m0/s1. The number of hydrogen-bond donors (Lipinski definition) is 0. The van der Waals surface area contributed by atoms with Crippen molar-refractivity contribution in [2.75, 3.05) is 17.3 Å². The highest BCUT2D eigenvalue weighted by Crippen LogP contribution is 2.35. The van der Waals surface area contributed by atoms with Crippen LogP contribution in [0.5, 0.6) is 0 Å². The first-order valence-corrected chi connectivity index (χ1v) is 12.1. The molecule has 1 aromatic heterocycles. The van der Waals surface area contributed by atoms with Gasteiger partial charge in [-0.3, -0.25) is 4.79 Å². The molecule has 1 saturated heterocycles. The molecular formula is C16H17ClN2O3S3. The Balaban J connectivity index is 1.44. The molecule has 25 heavy (non-hydrogen) atoms. The molecule has 1 atom stereocenters. The summed E-state index contributed by atoms with van der Waals surface area (Å²) in [5, 5.41) is 0.646. The number of thiazole rings is 1. The molecule has 0 radical (unpaired) electrons. The van der Waals surface area contributed by atoms with Crippen LogP contribution in [0, 0.1) is 0 Å². The second-order valence-electron chi connectivity index (χ2n) is 6.47. The molecule has 1 aromatic carbocycles. The van der Waals surface area contributed by atoms with Gasteiger partial charge in [0.25, 0.3) is 0 Å². The minimum absolute atomic E-state index is 0.0203. The molecule has 9 heteroatoms. The summed E-state index contributed by atoms with van der Waals surface area (Å²) in [4.78, 5) is 19.1. The van der Waals surface area contributed by atoms with Crippen molar-refractivity contribution in [3.63, 3.8) is 0 Å². The van der Waals surface area contributed by atoms with Crippen molar-refractivity contribution in [1.82, 2.24) is 9.88 Å². The van der Waals surface area contributed by atoms with Gasteiger partial charge < -0.3 is 4.90 Å². The summed E-state index contributed by atoms with van der Waals surface area (Å²) < 4.78 is 25.4. The lowest BCUT2D eigenvalue weighted by Crippen LogP contribution is -2.43. The summed E-state index contributed by atoms with van der Waals surface area (Å²) in [5.41, 5.74) is 0.841. The van der Waals surface area contributed by atoms with Crippen molar-refractivity contribution in [2.45, 2.75) is 35.7 Å². The van der Waals surface area contributed by atoms with E-state index >= 15 is 0 Å². The Hall–Kier alpha value is -0.830. The molecule has 0 bridgehead atoms. The third-order valence-electron chi connectivity index (χ3n) is 4.48. The number of carbonyl (C=O) groups is 1. The molecule has 134 valence electrons. The summed E-state index contributed by atoms with van der Waals surface area (Å²) in [6, 6.07) is 5.65. The Kier molecular flexibility index (Phi) is 4.72. The maximum atomic E-state index is 12.7. The average molecular weight is 417 g/mol. The first kappa shape index (κ1) is 17.6. The minimum atomic E-state index is -2.99. The number of thioether (sulfide) groups is 1. The largest absolute Gasteiger partial charge is 0.335 e. The zero-order chi connectivity index (χ0) is 17.6. The third kappa shape index (κ3) is 3.97. The monoisotopic (exact) mass is 416 g/mol. The zero-order valence-corrected chi connectivity index (χ0v) is 16.6. The molecule has 5 nitrogen and oxygen atoms in total. The van der Waals surface area contributed by atoms with Crippen LogP contribution in [0.1, 0.15) is 19.3 Å². The molecule has 2 aliphatic rings. The first-order chi connectivity index (χ1) is 11.9. The Bertz CT molecular complexity index is 924. The van der Waals surface area contributed by atoms with E-state index in [0.717, 1.165) is 27.4 Å². The van der Waals surface area contributed by atoms with Crippen LogP contribution < -0.4 is 0 Å². The quantitative estimate of drug-likeness (QED) is 0.700. The van der Waals surface area contributed by atoms with Crippen molar-refractivity contribution in [2.24, 2.45) is 0 Å². The van der Waals surface area contributed by atoms with E-state index in [9.17, 15) is 13.2 Å². The second-order valence-corrected chi connectivity index (χ2v) is 11.4. The van der Waals surface area contributed by atoms with Crippen LogP contribution in [0.3, 0.4) is 0 Å². The highest BCUT2D eigenvalue weighted by atomic mass is 35.5. The van der Waals surface area contributed by atoms with Crippen molar-refractivity contribution in [1.29, 1.82) is 0 Å².